The number of aromatic nitrogens is 1. The second-order valence-corrected chi connectivity index (χ2v) is 2.69. The summed E-state index contributed by atoms with van der Waals surface area (Å²) in [5.41, 5.74) is -0.0513. The van der Waals surface area contributed by atoms with Gasteiger partial charge in [0.05, 0.1) is 0 Å². The molecule has 13 heavy (non-hydrogen) atoms. The van der Waals surface area contributed by atoms with Crippen LogP contribution in [0.4, 0.5) is 0 Å². The van der Waals surface area contributed by atoms with E-state index in [0.29, 0.717) is 6.54 Å². The van der Waals surface area contributed by atoms with Crippen LogP contribution in [0.15, 0.2) is 29.2 Å². The molecule has 1 atom stereocenters. The van der Waals surface area contributed by atoms with E-state index in [9.17, 15) is 4.79 Å². The lowest BCUT2D eigenvalue weighted by molar-refractivity contribution is 0.0430. The molecule has 1 heterocycles. The number of hydrogen-bond donors (Lipinski definition) is 1. The lowest BCUT2D eigenvalue weighted by Gasteiger charge is -2.17. The van der Waals surface area contributed by atoms with E-state index in [0.717, 1.165) is 0 Å². The third kappa shape index (κ3) is 2.40. The van der Waals surface area contributed by atoms with Crippen LogP contribution in [0.25, 0.3) is 0 Å². The first kappa shape index (κ1) is 9.95. The molecule has 0 aliphatic heterocycles. The number of nitrogens with zero attached hydrogens (tertiary/aromatic N) is 1. The molecule has 0 saturated heterocycles. The van der Waals surface area contributed by atoms with E-state index in [1.165, 1.54) is 6.07 Å². The van der Waals surface area contributed by atoms with Crippen molar-refractivity contribution in [3.63, 3.8) is 0 Å². The molecule has 72 valence electrons. The molecule has 0 aliphatic carbocycles. The van der Waals surface area contributed by atoms with Crippen molar-refractivity contribution in [2.24, 2.45) is 0 Å². The summed E-state index contributed by atoms with van der Waals surface area (Å²) >= 11 is 0. The van der Waals surface area contributed by atoms with Gasteiger partial charge in [-0.1, -0.05) is 6.07 Å². The Morgan fingerprint density at radius 2 is 2.38 bits per heavy atom. The highest BCUT2D eigenvalue weighted by Gasteiger charge is 2.07. The maximum absolute atomic E-state index is 11.3. The molecule has 1 aromatic rings. The van der Waals surface area contributed by atoms with E-state index in [-0.39, 0.29) is 11.8 Å². The minimum absolute atomic E-state index is 0.0513. The van der Waals surface area contributed by atoms with Gasteiger partial charge in [-0.15, -0.1) is 0 Å². The molecule has 1 N–H and O–H groups in total. The third-order valence-corrected chi connectivity index (χ3v) is 1.81. The summed E-state index contributed by atoms with van der Waals surface area (Å²) in [6.07, 6.45) is 1.48. The average Bonchev–Trinajstić information content (AvgIpc) is 2.16. The van der Waals surface area contributed by atoms with Gasteiger partial charge in [0.15, 0.2) is 0 Å². The van der Waals surface area contributed by atoms with E-state index in [1.54, 1.807) is 23.9 Å². The van der Waals surface area contributed by atoms with Crippen molar-refractivity contribution in [1.82, 2.24) is 9.88 Å². The highest BCUT2D eigenvalue weighted by Crippen LogP contribution is 2.00. The predicted octanol–water partition coefficient (Wildman–Crippen LogP) is 0.213. The molecule has 4 heteroatoms. The Labute approximate surface area is 77.1 Å². The third-order valence-electron chi connectivity index (χ3n) is 1.81. The van der Waals surface area contributed by atoms with E-state index in [2.05, 4.69) is 5.32 Å². The molecular weight excluding hydrogens is 168 g/mol. The minimum Gasteiger partial charge on any atom is -0.360 e. The van der Waals surface area contributed by atoms with Crippen LogP contribution in [-0.4, -0.2) is 25.3 Å². The summed E-state index contributed by atoms with van der Waals surface area (Å²) in [4.78, 5) is 11.3. The molecule has 4 nitrogen and oxygen atoms in total. The molecule has 0 aliphatic rings. The van der Waals surface area contributed by atoms with Crippen molar-refractivity contribution in [3.05, 3.63) is 34.7 Å². The lowest BCUT2D eigenvalue weighted by Crippen LogP contribution is -2.31. The van der Waals surface area contributed by atoms with Crippen molar-refractivity contribution >= 4 is 0 Å². The first-order valence-corrected chi connectivity index (χ1v) is 4.14. The molecule has 0 saturated carbocycles. The smallest absolute Gasteiger partial charge is 0.252 e. The minimum atomic E-state index is -0.237. The quantitative estimate of drug-likeness (QED) is 0.724. The van der Waals surface area contributed by atoms with Crippen LogP contribution in [-0.2, 0) is 4.74 Å². The molecule has 1 aromatic heterocycles. The molecule has 1 rings (SSSR count). The number of likely N-dealkylation sites (N-methyl/N-ethyl adjacent to an activating group) is 1. The van der Waals surface area contributed by atoms with E-state index in [1.807, 2.05) is 13.1 Å². The Kier molecular flexibility index (Phi) is 3.67. The van der Waals surface area contributed by atoms with Crippen LogP contribution in [0.3, 0.4) is 0 Å². The number of nitrogens with one attached hydrogen (secondary N) is 1. The van der Waals surface area contributed by atoms with Gasteiger partial charge < -0.3 is 10.1 Å². The fraction of sp³-hybridized carbons (Fsp3) is 0.444. The second-order valence-electron chi connectivity index (χ2n) is 2.69. The van der Waals surface area contributed by atoms with Gasteiger partial charge in [-0.3, -0.25) is 9.36 Å². The maximum atomic E-state index is 11.3. The average molecular weight is 182 g/mol. The SMILES string of the molecule is CNCC(OC)n1ccccc1=O. The highest BCUT2D eigenvalue weighted by molar-refractivity contribution is 4.94. The van der Waals surface area contributed by atoms with Crippen LogP contribution in [0.2, 0.25) is 0 Å². The standard InChI is InChI=1S/C9H14N2O2/c1-10-7-9(13-2)11-6-4-3-5-8(11)12/h3-6,9-10H,7H2,1-2H3. The monoisotopic (exact) mass is 182 g/mol. The molecule has 1 unspecified atom stereocenters. The zero-order valence-electron chi connectivity index (χ0n) is 7.86. The zero-order chi connectivity index (χ0) is 9.68. The van der Waals surface area contributed by atoms with Crippen molar-refractivity contribution in [2.45, 2.75) is 6.23 Å². The summed E-state index contributed by atoms with van der Waals surface area (Å²) in [7, 11) is 3.40. The zero-order valence-corrected chi connectivity index (χ0v) is 7.86. The number of ether oxygens (including phenoxy) is 1. The summed E-state index contributed by atoms with van der Waals surface area (Å²) < 4.78 is 6.71. The van der Waals surface area contributed by atoms with E-state index < -0.39 is 0 Å². The van der Waals surface area contributed by atoms with Gasteiger partial charge in [0, 0.05) is 25.9 Å². The Morgan fingerprint density at radius 1 is 1.62 bits per heavy atom. The molecule has 0 fully saturated rings. The normalized spacial score (nSPS) is 12.8. The van der Waals surface area contributed by atoms with E-state index in [4.69, 9.17) is 4.74 Å². The van der Waals surface area contributed by atoms with Gasteiger partial charge in [0.1, 0.15) is 6.23 Å². The largest absolute Gasteiger partial charge is 0.360 e. The maximum Gasteiger partial charge on any atom is 0.252 e. The summed E-state index contributed by atoms with van der Waals surface area (Å²) in [5, 5.41) is 2.96. The highest BCUT2D eigenvalue weighted by atomic mass is 16.5. The van der Waals surface area contributed by atoms with Crippen LogP contribution < -0.4 is 10.9 Å². The predicted molar refractivity (Wildman–Crippen MR) is 50.7 cm³/mol. The van der Waals surface area contributed by atoms with Crippen molar-refractivity contribution in [2.75, 3.05) is 20.7 Å². The number of rotatable bonds is 4. The molecular formula is C9H14N2O2. The Morgan fingerprint density at radius 3 is 2.92 bits per heavy atom. The fourth-order valence-corrected chi connectivity index (χ4v) is 1.15. The molecule has 0 spiro atoms. The van der Waals surface area contributed by atoms with E-state index >= 15 is 0 Å². The Hall–Kier alpha value is -1.13. The van der Waals surface area contributed by atoms with Crippen LogP contribution >= 0.6 is 0 Å². The molecule has 0 amide bonds. The van der Waals surface area contributed by atoms with Crippen LogP contribution in [0, 0.1) is 0 Å². The van der Waals surface area contributed by atoms with Gasteiger partial charge in [0.25, 0.3) is 5.56 Å². The molecule has 0 radical (unpaired) electrons. The first-order valence-electron chi connectivity index (χ1n) is 4.14. The van der Waals surface area contributed by atoms with Crippen molar-refractivity contribution < 1.29 is 4.74 Å². The number of methoxy groups -OCH3 is 1. The van der Waals surface area contributed by atoms with Gasteiger partial charge in [-0.05, 0) is 13.1 Å². The first-order chi connectivity index (χ1) is 6.29. The van der Waals surface area contributed by atoms with Gasteiger partial charge in [-0.2, -0.15) is 0 Å². The topological polar surface area (TPSA) is 43.3 Å². The van der Waals surface area contributed by atoms with Crippen LogP contribution in [0.1, 0.15) is 6.23 Å². The second kappa shape index (κ2) is 4.79. The van der Waals surface area contributed by atoms with Gasteiger partial charge >= 0.3 is 0 Å². The number of hydrogen-bond acceptors (Lipinski definition) is 3. The summed E-state index contributed by atoms with van der Waals surface area (Å²) in [6.45, 7) is 0.612. The van der Waals surface area contributed by atoms with Crippen molar-refractivity contribution in [3.8, 4) is 0 Å². The summed E-state index contributed by atoms with van der Waals surface area (Å²) in [6, 6.07) is 5.04. The molecule has 0 aromatic carbocycles. The Balaban J connectivity index is 2.91. The van der Waals surface area contributed by atoms with Crippen molar-refractivity contribution in [1.29, 1.82) is 0 Å². The fourth-order valence-electron chi connectivity index (χ4n) is 1.15. The summed E-state index contributed by atoms with van der Waals surface area (Å²) in [5.74, 6) is 0. The lowest BCUT2D eigenvalue weighted by atomic mass is 10.4. The van der Waals surface area contributed by atoms with Crippen LogP contribution in [0.5, 0.6) is 0 Å². The Bertz CT molecular complexity index is 308. The van der Waals surface area contributed by atoms with Gasteiger partial charge in [0.2, 0.25) is 0 Å². The number of pyridine rings is 1. The van der Waals surface area contributed by atoms with Gasteiger partial charge in [-0.25, -0.2) is 0 Å². The molecule has 0 bridgehead atoms.